The van der Waals surface area contributed by atoms with Crippen molar-refractivity contribution in [2.45, 2.75) is 32.4 Å². The summed E-state index contributed by atoms with van der Waals surface area (Å²) in [5.41, 5.74) is 0.911. The third-order valence-corrected chi connectivity index (χ3v) is 2.42. The van der Waals surface area contributed by atoms with Gasteiger partial charge in [0.1, 0.15) is 0 Å². The van der Waals surface area contributed by atoms with Crippen molar-refractivity contribution < 1.29 is 9.90 Å². The van der Waals surface area contributed by atoms with Gasteiger partial charge in [0.2, 0.25) is 5.91 Å². The van der Waals surface area contributed by atoms with Crippen molar-refractivity contribution in [2.24, 2.45) is 0 Å². The van der Waals surface area contributed by atoms with Crippen molar-refractivity contribution in [2.75, 3.05) is 7.05 Å². The minimum absolute atomic E-state index is 0.0290. The monoisotopic (exact) mass is 210 g/mol. The minimum atomic E-state index is -0.397. The molecule has 15 heavy (non-hydrogen) atoms. The highest BCUT2D eigenvalue weighted by atomic mass is 16.3. The fourth-order valence-corrected chi connectivity index (χ4v) is 1.39. The van der Waals surface area contributed by atoms with Crippen LogP contribution in [0.15, 0.2) is 18.5 Å². The SMILES string of the molecule is CCC(O)c1ccn(CCC(=O)NC)c1. The quantitative estimate of drug-likeness (QED) is 0.763. The number of rotatable bonds is 5. The van der Waals surface area contributed by atoms with Crippen molar-refractivity contribution in [3.63, 3.8) is 0 Å². The molecule has 0 aliphatic carbocycles. The Bertz CT molecular complexity index is 320. The average Bonchev–Trinajstić information content (AvgIpc) is 2.73. The normalized spacial score (nSPS) is 12.5. The number of aryl methyl sites for hydroxylation is 1. The van der Waals surface area contributed by atoms with Crippen molar-refractivity contribution in [1.29, 1.82) is 0 Å². The summed E-state index contributed by atoms with van der Waals surface area (Å²) in [6.07, 6.45) is 4.55. The third kappa shape index (κ3) is 3.40. The van der Waals surface area contributed by atoms with E-state index in [1.54, 1.807) is 7.05 Å². The van der Waals surface area contributed by atoms with Crippen LogP contribution >= 0.6 is 0 Å². The van der Waals surface area contributed by atoms with E-state index in [1.165, 1.54) is 0 Å². The van der Waals surface area contributed by atoms with Crippen LogP contribution in [0.2, 0.25) is 0 Å². The summed E-state index contributed by atoms with van der Waals surface area (Å²) in [5, 5.41) is 12.1. The predicted molar refractivity (Wildman–Crippen MR) is 58.4 cm³/mol. The van der Waals surface area contributed by atoms with E-state index in [2.05, 4.69) is 5.32 Å². The Morgan fingerprint density at radius 1 is 1.67 bits per heavy atom. The molecule has 0 aliphatic heterocycles. The number of amides is 1. The lowest BCUT2D eigenvalue weighted by Gasteiger charge is -2.04. The second-order valence-corrected chi connectivity index (χ2v) is 3.53. The standard InChI is InChI=1S/C11H18N2O2/c1-3-10(14)9-4-6-13(8-9)7-5-11(15)12-2/h4,6,8,10,14H,3,5,7H2,1-2H3,(H,12,15). The summed E-state index contributed by atoms with van der Waals surface area (Å²) < 4.78 is 1.92. The van der Waals surface area contributed by atoms with Gasteiger partial charge in [-0.15, -0.1) is 0 Å². The summed E-state index contributed by atoms with van der Waals surface area (Å²) in [6, 6.07) is 1.89. The molecule has 1 atom stereocenters. The molecule has 1 aromatic rings. The van der Waals surface area contributed by atoms with E-state index in [9.17, 15) is 9.90 Å². The summed E-state index contributed by atoms with van der Waals surface area (Å²) in [5.74, 6) is 0.0290. The summed E-state index contributed by atoms with van der Waals surface area (Å²) in [4.78, 5) is 11.0. The molecule has 0 radical (unpaired) electrons. The van der Waals surface area contributed by atoms with Crippen molar-refractivity contribution in [1.82, 2.24) is 9.88 Å². The maximum Gasteiger partial charge on any atom is 0.221 e. The molecule has 0 saturated heterocycles. The van der Waals surface area contributed by atoms with Crippen LogP contribution in [0.25, 0.3) is 0 Å². The van der Waals surface area contributed by atoms with Crippen LogP contribution in [0.1, 0.15) is 31.4 Å². The second-order valence-electron chi connectivity index (χ2n) is 3.53. The highest BCUT2D eigenvalue weighted by Crippen LogP contribution is 2.16. The number of carbonyl (C=O) groups excluding carboxylic acids is 1. The number of aliphatic hydroxyl groups is 1. The van der Waals surface area contributed by atoms with Gasteiger partial charge in [-0.2, -0.15) is 0 Å². The van der Waals surface area contributed by atoms with Gasteiger partial charge in [-0.1, -0.05) is 6.92 Å². The molecule has 1 amide bonds. The van der Waals surface area contributed by atoms with Crippen LogP contribution in [-0.4, -0.2) is 22.6 Å². The van der Waals surface area contributed by atoms with Gasteiger partial charge < -0.3 is 15.0 Å². The van der Waals surface area contributed by atoms with E-state index in [4.69, 9.17) is 0 Å². The molecule has 1 heterocycles. The van der Waals surface area contributed by atoms with E-state index in [0.717, 1.165) is 5.56 Å². The highest BCUT2D eigenvalue weighted by molar-refractivity contribution is 5.75. The number of carbonyl (C=O) groups is 1. The van der Waals surface area contributed by atoms with Crippen molar-refractivity contribution >= 4 is 5.91 Å². The Labute approximate surface area is 89.9 Å². The zero-order valence-corrected chi connectivity index (χ0v) is 9.23. The maximum atomic E-state index is 11.0. The van der Waals surface area contributed by atoms with Crippen LogP contribution in [0, 0.1) is 0 Å². The minimum Gasteiger partial charge on any atom is -0.388 e. The van der Waals surface area contributed by atoms with Gasteiger partial charge in [0.05, 0.1) is 6.10 Å². The lowest BCUT2D eigenvalue weighted by molar-refractivity contribution is -0.120. The van der Waals surface area contributed by atoms with E-state index in [-0.39, 0.29) is 5.91 Å². The third-order valence-electron chi connectivity index (χ3n) is 2.42. The number of aromatic nitrogens is 1. The Kier molecular flexibility index (Phi) is 4.37. The van der Waals surface area contributed by atoms with Crippen LogP contribution in [-0.2, 0) is 11.3 Å². The van der Waals surface area contributed by atoms with Gasteiger partial charge in [-0.3, -0.25) is 4.79 Å². The molecule has 4 nitrogen and oxygen atoms in total. The van der Waals surface area contributed by atoms with Gasteiger partial charge in [-0.05, 0) is 18.1 Å². The summed E-state index contributed by atoms with van der Waals surface area (Å²) in [6.45, 7) is 2.59. The average molecular weight is 210 g/mol. The fourth-order valence-electron chi connectivity index (χ4n) is 1.39. The number of nitrogens with one attached hydrogen (secondary N) is 1. The lowest BCUT2D eigenvalue weighted by Crippen LogP contribution is -2.19. The van der Waals surface area contributed by atoms with Crippen LogP contribution < -0.4 is 5.32 Å². The Morgan fingerprint density at radius 2 is 2.40 bits per heavy atom. The first-order chi connectivity index (χ1) is 7.17. The van der Waals surface area contributed by atoms with E-state index in [0.29, 0.717) is 19.4 Å². The molecule has 0 bridgehead atoms. The maximum absolute atomic E-state index is 11.0. The number of aliphatic hydroxyl groups excluding tert-OH is 1. The Balaban J connectivity index is 2.49. The number of hydrogen-bond donors (Lipinski definition) is 2. The molecular weight excluding hydrogens is 192 g/mol. The predicted octanol–water partition coefficient (Wildman–Crippen LogP) is 1.07. The smallest absolute Gasteiger partial charge is 0.221 e. The number of hydrogen-bond acceptors (Lipinski definition) is 2. The molecule has 0 aromatic carbocycles. The Morgan fingerprint density at radius 3 is 3.00 bits per heavy atom. The molecule has 0 fully saturated rings. The van der Waals surface area contributed by atoms with Gasteiger partial charge in [0.15, 0.2) is 0 Å². The fraction of sp³-hybridized carbons (Fsp3) is 0.545. The molecule has 1 aromatic heterocycles. The molecule has 84 valence electrons. The van der Waals surface area contributed by atoms with Gasteiger partial charge in [0, 0.05) is 32.4 Å². The molecule has 2 N–H and O–H groups in total. The largest absolute Gasteiger partial charge is 0.388 e. The Hall–Kier alpha value is -1.29. The topological polar surface area (TPSA) is 54.3 Å². The van der Waals surface area contributed by atoms with Crippen molar-refractivity contribution in [3.05, 3.63) is 24.0 Å². The molecule has 0 aliphatic rings. The summed E-state index contributed by atoms with van der Waals surface area (Å²) >= 11 is 0. The molecule has 0 saturated carbocycles. The first kappa shape index (κ1) is 11.8. The first-order valence-electron chi connectivity index (χ1n) is 5.21. The van der Waals surface area contributed by atoms with E-state index in [1.807, 2.05) is 30.0 Å². The van der Waals surface area contributed by atoms with E-state index >= 15 is 0 Å². The zero-order valence-electron chi connectivity index (χ0n) is 9.23. The summed E-state index contributed by atoms with van der Waals surface area (Å²) in [7, 11) is 1.63. The molecule has 4 heteroatoms. The van der Waals surface area contributed by atoms with Gasteiger partial charge in [-0.25, -0.2) is 0 Å². The molecule has 0 spiro atoms. The van der Waals surface area contributed by atoms with Crippen molar-refractivity contribution in [3.8, 4) is 0 Å². The van der Waals surface area contributed by atoms with Gasteiger partial charge in [0.25, 0.3) is 0 Å². The zero-order chi connectivity index (χ0) is 11.3. The van der Waals surface area contributed by atoms with Crippen LogP contribution in [0.3, 0.4) is 0 Å². The molecular formula is C11H18N2O2. The van der Waals surface area contributed by atoms with E-state index < -0.39 is 6.10 Å². The highest BCUT2D eigenvalue weighted by Gasteiger charge is 2.06. The second kappa shape index (κ2) is 5.56. The lowest BCUT2D eigenvalue weighted by atomic mass is 10.1. The number of nitrogens with zero attached hydrogens (tertiary/aromatic N) is 1. The first-order valence-corrected chi connectivity index (χ1v) is 5.21. The van der Waals surface area contributed by atoms with Crippen LogP contribution in [0.4, 0.5) is 0 Å². The van der Waals surface area contributed by atoms with Crippen LogP contribution in [0.5, 0.6) is 0 Å². The molecule has 1 rings (SSSR count). The van der Waals surface area contributed by atoms with Gasteiger partial charge >= 0.3 is 0 Å². The molecule has 1 unspecified atom stereocenters.